The zero-order chi connectivity index (χ0) is 22.6. The van der Waals surface area contributed by atoms with Gasteiger partial charge in [0, 0.05) is 11.3 Å². The summed E-state index contributed by atoms with van der Waals surface area (Å²) >= 11 is 0. The SMILES string of the molecule is CC[C@H](NC(=O)c1ccc(NS(=O)(=O)c2ccc(C)cc2)cc1)c1ccc(C)cc1C. The number of carbonyl (C=O) groups is 1. The van der Waals surface area contributed by atoms with Crippen LogP contribution in [0.25, 0.3) is 0 Å². The van der Waals surface area contributed by atoms with E-state index in [1.165, 1.54) is 5.56 Å². The molecule has 0 bridgehead atoms. The van der Waals surface area contributed by atoms with Gasteiger partial charge in [-0.2, -0.15) is 0 Å². The molecule has 0 heterocycles. The van der Waals surface area contributed by atoms with Crippen molar-refractivity contribution in [2.24, 2.45) is 0 Å². The number of anilines is 1. The number of nitrogens with one attached hydrogen (secondary N) is 2. The molecular formula is C25H28N2O3S. The predicted molar refractivity (Wildman–Crippen MR) is 125 cm³/mol. The van der Waals surface area contributed by atoms with Crippen LogP contribution in [0.1, 0.15) is 52.0 Å². The van der Waals surface area contributed by atoms with Crippen LogP contribution >= 0.6 is 0 Å². The minimum atomic E-state index is -3.68. The molecule has 0 unspecified atom stereocenters. The van der Waals surface area contributed by atoms with E-state index in [4.69, 9.17) is 0 Å². The molecule has 3 aromatic carbocycles. The molecule has 0 fully saturated rings. The number of hydrogen-bond acceptors (Lipinski definition) is 3. The highest BCUT2D eigenvalue weighted by Gasteiger charge is 2.17. The van der Waals surface area contributed by atoms with E-state index >= 15 is 0 Å². The second-order valence-corrected chi connectivity index (χ2v) is 9.47. The summed E-state index contributed by atoms with van der Waals surface area (Å²) in [5.41, 5.74) is 5.30. The maximum Gasteiger partial charge on any atom is 0.261 e. The zero-order valence-corrected chi connectivity index (χ0v) is 19.1. The minimum absolute atomic E-state index is 0.0900. The van der Waals surface area contributed by atoms with E-state index in [2.05, 4.69) is 22.2 Å². The molecule has 3 rings (SSSR count). The first kappa shape index (κ1) is 22.6. The molecule has 3 aromatic rings. The van der Waals surface area contributed by atoms with Gasteiger partial charge in [-0.25, -0.2) is 8.42 Å². The highest BCUT2D eigenvalue weighted by atomic mass is 32.2. The second kappa shape index (κ2) is 9.35. The van der Waals surface area contributed by atoms with Crippen LogP contribution in [0.5, 0.6) is 0 Å². The Bertz CT molecular complexity index is 1170. The van der Waals surface area contributed by atoms with Crippen LogP contribution in [0.4, 0.5) is 5.69 Å². The first-order valence-electron chi connectivity index (χ1n) is 10.3. The molecule has 1 atom stereocenters. The Morgan fingerprint density at radius 2 is 1.48 bits per heavy atom. The number of hydrogen-bond donors (Lipinski definition) is 2. The summed E-state index contributed by atoms with van der Waals surface area (Å²) in [5.74, 6) is -0.195. The van der Waals surface area contributed by atoms with Crippen LogP contribution < -0.4 is 10.0 Å². The molecule has 0 radical (unpaired) electrons. The van der Waals surface area contributed by atoms with Gasteiger partial charge >= 0.3 is 0 Å². The number of rotatable bonds is 7. The van der Waals surface area contributed by atoms with Crippen molar-refractivity contribution in [3.63, 3.8) is 0 Å². The van der Waals surface area contributed by atoms with Gasteiger partial charge in [0.1, 0.15) is 0 Å². The molecule has 6 heteroatoms. The van der Waals surface area contributed by atoms with Crippen LogP contribution in [0.3, 0.4) is 0 Å². The van der Waals surface area contributed by atoms with Crippen molar-refractivity contribution in [3.05, 3.63) is 94.5 Å². The molecular weight excluding hydrogens is 408 g/mol. The van der Waals surface area contributed by atoms with Crippen molar-refractivity contribution in [3.8, 4) is 0 Å². The van der Waals surface area contributed by atoms with Gasteiger partial charge in [-0.05, 0) is 74.7 Å². The average Bonchev–Trinajstić information content (AvgIpc) is 2.73. The topological polar surface area (TPSA) is 75.3 Å². The second-order valence-electron chi connectivity index (χ2n) is 7.79. The van der Waals surface area contributed by atoms with E-state index < -0.39 is 10.0 Å². The van der Waals surface area contributed by atoms with Crippen LogP contribution in [0.2, 0.25) is 0 Å². The highest BCUT2D eigenvalue weighted by Crippen LogP contribution is 2.23. The summed E-state index contributed by atoms with van der Waals surface area (Å²) in [6, 6.07) is 19.2. The molecule has 0 aliphatic heterocycles. The summed E-state index contributed by atoms with van der Waals surface area (Å²) in [4.78, 5) is 13.0. The fourth-order valence-electron chi connectivity index (χ4n) is 3.48. The standard InChI is InChI=1S/C25H28N2O3S/c1-5-24(23-15-8-18(3)16-19(23)4)26-25(28)20-9-11-21(12-10-20)27-31(29,30)22-13-6-17(2)7-14-22/h6-16,24,27H,5H2,1-4H3,(H,26,28)/t24-/m0/s1. The number of carbonyl (C=O) groups excluding carboxylic acids is 1. The van der Waals surface area contributed by atoms with Crippen LogP contribution in [-0.4, -0.2) is 14.3 Å². The molecule has 0 saturated carbocycles. The quantitative estimate of drug-likeness (QED) is 0.528. The molecule has 0 aliphatic carbocycles. The van der Waals surface area contributed by atoms with E-state index in [9.17, 15) is 13.2 Å². The lowest BCUT2D eigenvalue weighted by Crippen LogP contribution is -2.28. The summed E-state index contributed by atoms with van der Waals surface area (Å²) in [7, 11) is -3.68. The Balaban J connectivity index is 1.71. The molecule has 0 aliphatic rings. The molecule has 2 N–H and O–H groups in total. The Kier molecular flexibility index (Phi) is 6.81. The van der Waals surface area contributed by atoms with Crippen LogP contribution in [0.15, 0.2) is 71.6 Å². The summed E-state index contributed by atoms with van der Waals surface area (Å²) in [6.45, 7) is 8.03. The molecule has 31 heavy (non-hydrogen) atoms. The number of amides is 1. The van der Waals surface area contributed by atoms with Gasteiger partial charge in [-0.1, -0.05) is 48.4 Å². The third kappa shape index (κ3) is 5.52. The number of benzene rings is 3. The summed E-state index contributed by atoms with van der Waals surface area (Å²) < 4.78 is 27.6. The smallest absolute Gasteiger partial charge is 0.261 e. The molecule has 0 aromatic heterocycles. The number of sulfonamides is 1. The summed E-state index contributed by atoms with van der Waals surface area (Å²) in [5, 5.41) is 3.08. The van der Waals surface area contributed by atoms with E-state index in [-0.39, 0.29) is 16.8 Å². The third-order valence-electron chi connectivity index (χ3n) is 5.24. The minimum Gasteiger partial charge on any atom is -0.345 e. The first-order valence-corrected chi connectivity index (χ1v) is 11.8. The van der Waals surface area contributed by atoms with Crippen LogP contribution in [-0.2, 0) is 10.0 Å². The lowest BCUT2D eigenvalue weighted by atomic mass is 9.97. The Hall–Kier alpha value is -3.12. The fraction of sp³-hybridized carbons (Fsp3) is 0.240. The monoisotopic (exact) mass is 436 g/mol. The predicted octanol–water partition coefficient (Wildman–Crippen LogP) is 5.29. The van der Waals surface area contributed by atoms with Gasteiger partial charge < -0.3 is 5.32 Å². The zero-order valence-electron chi connectivity index (χ0n) is 18.3. The van der Waals surface area contributed by atoms with Crippen molar-refractivity contribution in [1.82, 2.24) is 5.32 Å². The van der Waals surface area contributed by atoms with Gasteiger partial charge in [0.2, 0.25) is 0 Å². The Morgan fingerprint density at radius 3 is 2.06 bits per heavy atom. The van der Waals surface area contributed by atoms with Crippen molar-refractivity contribution in [1.29, 1.82) is 0 Å². The largest absolute Gasteiger partial charge is 0.345 e. The maximum absolute atomic E-state index is 12.8. The maximum atomic E-state index is 12.8. The normalized spacial score (nSPS) is 12.3. The van der Waals surface area contributed by atoms with E-state index in [1.807, 2.05) is 33.8 Å². The van der Waals surface area contributed by atoms with Gasteiger partial charge in [-0.15, -0.1) is 0 Å². The van der Waals surface area contributed by atoms with Gasteiger partial charge in [-0.3, -0.25) is 9.52 Å². The first-order chi connectivity index (χ1) is 14.7. The lowest BCUT2D eigenvalue weighted by molar-refractivity contribution is 0.0935. The molecule has 162 valence electrons. The van der Waals surface area contributed by atoms with Crippen molar-refractivity contribution >= 4 is 21.6 Å². The van der Waals surface area contributed by atoms with Gasteiger partial charge in [0.05, 0.1) is 10.9 Å². The van der Waals surface area contributed by atoms with Gasteiger partial charge in [0.25, 0.3) is 15.9 Å². The number of aryl methyl sites for hydroxylation is 3. The molecule has 1 amide bonds. The fourth-order valence-corrected chi connectivity index (χ4v) is 4.54. The lowest BCUT2D eigenvalue weighted by Gasteiger charge is -2.20. The third-order valence-corrected chi connectivity index (χ3v) is 6.64. The van der Waals surface area contributed by atoms with Crippen molar-refractivity contribution < 1.29 is 13.2 Å². The van der Waals surface area contributed by atoms with Crippen molar-refractivity contribution in [2.45, 2.75) is 45.1 Å². The molecule has 0 saturated heterocycles. The van der Waals surface area contributed by atoms with Crippen LogP contribution in [0, 0.1) is 20.8 Å². The van der Waals surface area contributed by atoms with E-state index in [0.717, 1.165) is 23.1 Å². The Labute approximate surface area is 184 Å². The van der Waals surface area contributed by atoms with E-state index in [1.54, 1.807) is 48.5 Å². The molecule has 5 nitrogen and oxygen atoms in total. The average molecular weight is 437 g/mol. The Morgan fingerprint density at radius 1 is 0.871 bits per heavy atom. The summed E-state index contributed by atoms with van der Waals surface area (Å²) in [6.07, 6.45) is 0.768. The molecule has 0 spiro atoms. The van der Waals surface area contributed by atoms with E-state index in [0.29, 0.717) is 11.3 Å². The highest BCUT2D eigenvalue weighted by molar-refractivity contribution is 7.92. The van der Waals surface area contributed by atoms with Gasteiger partial charge in [0.15, 0.2) is 0 Å². The van der Waals surface area contributed by atoms with Crippen molar-refractivity contribution in [2.75, 3.05) is 4.72 Å².